The van der Waals surface area contributed by atoms with Crippen molar-refractivity contribution in [1.29, 1.82) is 0 Å². The third kappa shape index (κ3) is 3.96. The first-order valence-electron chi connectivity index (χ1n) is 7.54. The number of hydrogen-bond acceptors (Lipinski definition) is 5. The molecule has 1 aliphatic rings. The van der Waals surface area contributed by atoms with Crippen LogP contribution in [0.25, 0.3) is 0 Å². The molecule has 1 unspecified atom stereocenters. The molecule has 128 valence electrons. The van der Waals surface area contributed by atoms with Crippen LogP contribution in [0, 0.1) is 12.8 Å². The quantitative estimate of drug-likeness (QED) is 0.878. The van der Waals surface area contributed by atoms with E-state index in [1.54, 1.807) is 6.20 Å². The molecular formula is C16H17ClN2O3S2. The van der Waals surface area contributed by atoms with E-state index >= 15 is 0 Å². The lowest BCUT2D eigenvalue weighted by Crippen LogP contribution is -2.23. The molecule has 8 heteroatoms. The van der Waals surface area contributed by atoms with E-state index in [2.05, 4.69) is 10.3 Å². The normalized spacial score (nSPS) is 19.3. The lowest BCUT2D eigenvalue weighted by molar-refractivity contribution is -0.119. The Morgan fingerprint density at radius 3 is 2.96 bits per heavy atom. The zero-order chi connectivity index (χ0) is 17.3. The zero-order valence-electron chi connectivity index (χ0n) is 13.1. The van der Waals surface area contributed by atoms with Crippen LogP contribution >= 0.6 is 22.9 Å². The SMILES string of the molecule is Cc1cccc(Cc2cnc(NC(=O)C3CCS(=O)(=O)C3)s2)c1Cl. The van der Waals surface area contributed by atoms with Gasteiger partial charge >= 0.3 is 0 Å². The van der Waals surface area contributed by atoms with Gasteiger partial charge < -0.3 is 5.32 Å². The number of anilines is 1. The molecule has 2 aromatic rings. The first kappa shape index (κ1) is 17.4. The highest BCUT2D eigenvalue weighted by atomic mass is 35.5. The molecule has 0 saturated carbocycles. The molecule has 0 aliphatic carbocycles. The minimum absolute atomic E-state index is 0.0734. The molecule has 1 amide bonds. The second kappa shape index (κ2) is 6.82. The lowest BCUT2D eigenvalue weighted by atomic mass is 10.1. The predicted octanol–water partition coefficient (Wildman–Crippen LogP) is 3.07. The second-order valence-electron chi connectivity index (χ2n) is 5.95. The lowest BCUT2D eigenvalue weighted by Gasteiger charge is -2.06. The van der Waals surface area contributed by atoms with E-state index in [1.165, 1.54) is 11.3 Å². The maximum Gasteiger partial charge on any atom is 0.230 e. The van der Waals surface area contributed by atoms with Crippen molar-refractivity contribution in [1.82, 2.24) is 4.98 Å². The summed E-state index contributed by atoms with van der Waals surface area (Å²) in [4.78, 5) is 17.3. The molecule has 1 fully saturated rings. The van der Waals surface area contributed by atoms with Gasteiger partial charge in [0.05, 0.1) is 17.4 Å². The molecule has 1 aromatic heterocycles. The third-order valence-electron chi connectivity index (χ3n) is 4.02. The summed E-state index contributed by atoms with van der Waals surface area (Å²) in [5.74, 6) is -0.741. The van der Waals surface area contributed by atoms with Crippen molar-refractivity contribution >= 4 is 43.8 Å². The van der Waals surface area contributed by atoms with Crippen molar-refractivity contribution in [3.63, 3.8) is 0 Å². The van der Waals surface area contributed by atoms with Crippen LogP contribution in [0.3, 0.4) is 0 Å². The fraction of sp³-hybridized carbons (Fsp3) is 0.375. The third-order valence-corrected chi connectivity index (χ3v) is 7.24. The molecule has 1 aliphatic heterocycles. The van der Waals surface area contributed by atoms with Gasteiger partial charge in [0.1, 0.15) is 0 Å². The first-order valence-corrected chi connectivity index (χ1v) is 10.6. The highest BCUT2D eigenvalue weighted by Gasteiger charge is 2.33. The van der Waals surface area contributed by atoms with E-state index in [0.29, 0.717) is 18.0 Å². The number of hydrogen-bond donors (Lipinski definition) is 1. The van der Waals surface area contributed by atoms with E-state index < -0.39 is 15.8 Å². The van der Waals surface area contributed by atoms with E-state index in [1.807, 2.05) is 25.1 Å². The molecule has 0 radical (unpaired) electrons. The zero-order valence-corrected chi connectivity index (χ0v) is 15.5. The van der Waals surface area contributed by atoms with Crippen molar-refractivity contribution in [3.05, 3.63) is 45.4 Å². The number of benzene rings is 1. The van der Waals surface area contributed by atoms with Gasteiger partial charge in [-0.05, 0) is 24.5 Å². The monoisotopic (exact) mass is 384 g/mol. The molecule has 5 nitrogen and oxygen atoms in total. The minimum atomic E-state index is -3.07. The number of carbonyl (C=O) groups excluding carboxylic acids is 1. The minimum Gasteiger partial charge on any atom is -0.302 e. The number of rotatable bonds is 4. The Kier molecular flexibility index (Phi) is 4.94. The summed E-state index contributed by atoms with van der Waals surface area (Å²) in [5.41, 5.74) is 2.04. The fourth-order valence-corrected chi connectivity index (χ4v) is 5.46. The number of halogens is 1. The van der Waals surface area contributed by atoms with Crippen LogP contribution < -0.4 is 5.32 Å². The number of thiazole rings is 1. The number of nitrogens with one attached hydrogen (secondary N) is 1. The van der Waals surface area contributed by atoms with Gasteiger partial charge in [-0.3, -0.25) is 4.79 Å². The molecule has 1 saturated heterocycles. The molecule has 1 atom stereocenters. The molecule has 2 heterocycles. The molecule has 24 heavy (non-hydrogen) atoms. The molecular weight excluding hydrogens is 368 g/mol. The Balaban J connectivity index is 1.65. The average Bonchev–Trinajstić information content (AvgIpc) is 3.10. The second-order valence-corrected chi connectivity index (χ2v) is 9.67. The van der Waals surface area contributed by atoms with Crippen LogP contribution in [-0.2, 0) is 21.1 Å². The topological polar surface area (TPSA) is 76.1 Å². The molecule has 1 aromatic carbocycles. The Morgan fingerprint density at radius 1 is 1.46 bits per heavy atom. The molecule has 0 bridgehead atoms. The number of carbonyl (C=O) groups is 1. The van der Waals surface area contributed by atoms with Crippen LogP contribution in [-0.4, -0.2) is 30.8 Å². The number of amides is 1. The number of aromatic nitrogens is 1. The summed E-state index contributed by atoms with van der Waals surface area (Å²) >= 11 is 7.68. The summed E-state index contributed by atoms with van der Waals surface area (Å²) in [5, 5.41) is 3.96. The summed E-state index contributed by atoms with van der Waals surface area (Å²) in [6, 6.07) is 5.89. The van der Waals surface area contributed by atoms with Crippen LogP contribution in [0.1, 0.15) is 22.4 Å². The Morgan fingerprint density at radius 2 is 2.25 bits per heavy atom. The van der Waals surface area contributed by atoms with Crippen LogP contribution in [0.2, 0.25) is 5.02 Å². The van der Waals surface area contributed by atoms with Gasteiger partial charge in [-0.2, -0.15) is 0 Å². The van der Waals surface area contributed by atoms with Crippen molar-refractivity contribution in [3.8, 4) is 0 Å². The van der Waals surface area contributed by atoms with Gasteiger partial charge in [-0.25, -0.2) is 13.4 Å². The van der Waals surface area contributed by atoms with Gasteiger partial charge in [-0.15, -0.1) is 11.3 Å². The molecule has 1 N–H and O–H groups in total. The maximum atomic E-state index is 12.1. The van der Waals surface area contributed by atoms with Gasteiger partial charge in [0.15, 0.2) is 15.0 Å². The standard InChI is InChI=1S/C16H17ClN2O3S2/c1-10-3-2-4-11(14(10)17)7-13-8-18-16(23-13)19-15(20)12-5-6-24(21,22)9-12/h2-4,8,12H,5-7,9H2,1H3,(H,18,19,20). The summed E-state index contributed by atoms with van der Waals surface area (Å²) in [6.07, 6.45) is 2.74. The van der Waals surface area contributed by atoms with Gasteiger partial charge in [0, 0.05) is 22.5 Å². The molecule has 0 spiro atoms. The van der Waals surface area contributed by atoms with E-state index in [4.69, 9.17) is 11.6 Å². The maximum absolute atomic E-state index is 12.1. The van der Waals surface area contributed by atoms with Crippen molar-refractivity contribution in [2.45, 2.75) is 19.8 Å². The van der Waals surface area contributed by atoms with Crippen LogP contribution in [0.4, 0.5) is 5.13 Å². The molecule has 3 rings (SSSR count). The summed E-state index contributed by atoms with van der Waals surface area (Å²) < 4.78 is 22.9. The van der Waals surface area contributed by atoms with E-state index in [0.717, 1.165) is 21.0 Å². The number of sulfone groups is 1. The highest BCUT2D eigenvalue weighted by molar-refractivity contribution is 7.91. The van der Waals surface area contributed by atoms with Gasteiger partial charge in [-0.1, -0.05) is 29.8 Å². The van der Waals surface area contributed by atoms with E-state index in [-0.39, 0.29) is 17.4 Å². The van der Waals surface area contributed by atoms with Crippen molar-refractivity contribution in [2.24, 2.45) is 5.92 Å². The Hall–Kier alpha value is -1.44. The highest BCUT2D eigenvalue weighted by Crippen LogP contribution is 2.27. The van der Waals surface area contributed by atoms with Crippen molar-refractivity contribution < 1.29 is 13.2 Å². The number of nitrogens with zero attached hydrogens (tertiary/aromatic N) is 1. The van der Waals surface area contributed by atoms with Crippen LogP contribution in [0.5, 0.6) is 0 Å². The van der Waals surface area contributed by atoms with Crippen LogP contribution in [0.15, 0.2) is 24.4 Å². The first-order chi connectivity index (χ1) is 11.3. The predicted molar refractivity (Wildman–Crippen MR) is 96.5 cm³/mol. The fourth-order valence-electron chi connectivity index (χ4n) is 2.69. The summed E-state index contributed by atoms with van der Waals surface area (Å²) in [6.45, 7) is 1.96. The Labute approximate surface area is 150 Å². The average molecular weight is 385 g/mol. The number of aryl methyl sites for hydroxylation is 1. The van der Waals surface area contributed by atoms with E-state index in [9.17, 15) is 13.2 Å². The van der Waals surface area contributed by atoms with Gasteiger partial charge in [0.2, 0.25) is 5.91 Å². The largest absolute Gasteiger partial charge is 0.302 e. The van der Waals surface area contributed by atoms with Gasteiger partial charge in [0.25, 0.3) is 0 Å². The Bertz CT molecular complexity index is 877. The van der Waals surface area contributed by atoms with Crippen molar-refractivity contribution in [2.75, 3.05) is 16.8 Å². The smallest absolute Gasteiger partial charge is 0.230 e. The summed E-state index contributed by atoms with van der Waals surface area (Å²) in [7, 11) is -3.07.